The molecule has 0 N–H and O–H groups in total. The molecule has 2 aromatic carbocycles. The Hall–Kier alpha value is -4.33. The number of hydrogen-bond acceptors (Lipinski definition) is 7. The predicted octanol–water partition coefficient (Wildman–Crippen LogP) is 4.89. The molecule has 36 heavy (non-hydrogen) atoms. The largest absolute Gasteiger partial charge is 0.493 e. The van der Waals surface area contributed by atoms with Gasteiger partial charge in [0.25, 0.3) is 5.91 Å². The van der Waals surface area contributed by atoms with E-state index in [0.29, 0.717) is 39.6 Å². The smallest absolute Gasteiger partial charge is 0.296 e. The van der Waals surface area contributed by atoms with Crippen LogP contribution in [0.1, 0.15) is 44.4 Å². The highest BCUT2D eigenvalue weighted by Gasteiger charge is 2.45. The fourth-order valence-corrected chi connectivity index (χ4v) is 4.69. The molecule has 0 unspecified atom stereocenters. The zero-order chi connectivity index (χ0) is 25.7. The summed E-state index contributed by atoms with van der Waals surface area (Å²) in [7, 11) is 4.55. The van der Waals surface area contributed by atoms with Gasteiger partial charge in [0.2, 0.25) is 11.5 Å². The van der Waals surface area contributed by atoms with Crippen molar-refractivity contribution in [2.75, 3.05) is 26.2 Å². The zero-order valence-electron chi connectivity index (χ0n) is 21.0. The normalized spacial score (nSPS) is 14.8. The molecule has 8 nitrogen and oxygen atoms in total. The number of hydrogen-bond donors (Lipinski definition) is 0. The number of rotatable bonds is 5. The van der Waals surface area contributed by atoms with Crippen molar-refractivity contribution in [3.05, 3.63) is 86.4 Å². The number of ether oxygens (including phenoxy) is 3. The van der Waals surface area contributed by atoms with Crippen molar-refractivity contribution in [1.29, 1.82) is 0 Å². The van der Waals surface area contributed by atoms with Gasteiger partial charge in [0.15, 0.2) is 16.9 Å². The molecule has 0 radical (unpaired) electrons. The number of carbonyl (C=O) groups excluding carboxylic acids is 1. The molecule has 0 saturated carbocycles. The number of methoxy groups -OCH3 is 3. The Morgan fingerprint density at radius 2 is 1.56 bits per heavy atom. The molecule has 3 heterocycles. The number of fused-ring (bicyclic) bond motifs is 2. The third-order valence-electron chi connectivity index (χ3n) is 6.64. The fraction of sp³-hybridized carbons (Fsp3) is 0.250. The molecule has 1 aliphatic heterocycles. The van der Waals surface area contributed by atoms with Crippen molar-refractivity contribution in [3.8, 4) is 17.2 Å². The standard InChI is InChI=1S/C28H26N2O6/c1-14-7-8-29-22(9-14)30-24(17-12-20(33-4)26(35-6)21(13-17)34-5)23-25(31)18-10-15(2)16(3)11-19(18)36-27(23)28(30)32/h7-13,24H,1-6H3/t24-/m1/s1. The maximum absolute atomic E-state index is 13.9. The lowest BCUT2D eigenvalue weighted by molar-refractivity contribution is 0.0970. The van der Waals surface area contributed by atoms with Gasteiger partial charge < -0.3 is 18.6 Å². The lowest BCUT2D eigenvalue weighted by atomic mass is 9.96. The number of aryl methyl sites for hydroxylation is 3. The van der Waals surface area contributed by atoms with Gasteiger partial charge in [0.1, 0.15) is 11.4 Å². The number of carbonyl (C=O) groups is 1. The van der Waals surface area contributed by atoms with Crippen molar-refractivity contribution < 1.29 is 23.4 Å². The maximum Gasteiger partial charge on any atom is 0.296 e. The molecule has 0 aliphatic carbocycles. The minimum absolute atomic E-state index is 0.00203. The van der Waals surface area contributed by atoms with Crippen molar-refractivity contribution in [1.82, 2.24) is 4.98 Å². The van der Waals surface area contributed by atoms with Gasteiger partial charge in [-0.3, -0.25) is 14.5 Å². The van der Waals surface area contributed by atoms with Crippen LogP contribution in [0.15, 0.2) is 51.8 Å². The molecule has 1 amide bonds. The lowest BCUT2D eigenvalue weighted by Crippen LogP contribution is -2.30. The Bertz CT molecular complexity index is 1560. The van der Waals surface area contributed by atoms with Gasteiger partial charge >= 0.3 is 0 Å². The summed E-state index contributed by atoms with van der Waals surface area (Å²) in [4.78, 5) is 33.7. The van der Waals surface area contributed by atoms with Crippen molar-refractivity contribution in [3.63, 3.8) is 0 Å². The van der Waals surface area contributed by atoms with Crippen molar-refractivity contribution in [2.24, 2.45) is 0 Å². The number of amides is 1. The van der Waals surface area contributed by atoms with Gasteiger partial charge in [-0.2, -0.15) is 0 Å². The van der Waals surface area contributed by atoms with Crippen LogP contribution in [-0.2, 0) is 0 Å². The van der Waals surface area contributed by atoms with Crippen LogP contribution in [0.3, 0.4) is 0 Å². The third kappa shape index (κ3) is 3.48. The van der Waals surface area contributed by atoms with E-state index in [1.165, 1.54) is 26.2 Å². The van der Waals surface area contributed by atoms with Crippen LogP contribution in [0.2, 0.25) is 0 Å². The summed E-state index contributed by atoms with van der Waals surface area (Å²) in [5.74, 6) is 1.17. The first-order valence-corrected chi connectivity index (χ1v) is 11.4. The van der Waals surface area contributed by atoms with E-state index < -0.39 is 11.9 Å². The first-order valence-electron chi connectivity index (χ1n) is 11.4. The summed E-state index contributed by atoms with van der Waals surface area (Å²) in [5.41, 5.74) is 3.79. The van der Waals surface area contributed by atoms with Crippen LogP contribution in [-0.4, -0.2) is 32.2 Å². The topological polar surface area (TPSA) is 91.1 Å². The Balaban J connectivity index is 1.86. The fourth-order valence-electron chi connectivity index (χ4n) is 4.69. The summed E-state index contributed by atoms with van der Waals surface area (Å²) in [5, 5.41) is 0.418. The molecule has 184 valence electrons. The second-order valence-electron chi connectivity index (χ2n) is 8.83. The van der Waals surface area contributed by atoms with Crippen LogP contribution < -0.4 is 24.5 Å². The summed E-state index contributed by atoms with van der Waals surface area (Å²) in [6, 6.07) is 9.89. The van der Waals surface area contributed by atoms with Crippen molar-refractivity contribution >= 4 is 22.7 Å². The zero-order valence-corrected chi connectivity index (χ0v) is 21.0. The maximum atomic E-state index is 13.9. The Labute approximate surface area is 208 Å². The molecule has 0 fully saturated rings. The monoisotopic (exact) mass is 486 g/mol. The van der Waals surface area contributed by atoms with Gasteiger partial charge in [-0.1, -0.05) is 0 Å². The molecule has 0 bridgehead atoms. The van der Waals surface area contributed by atoms with Crippen LogP contribution >= 0.6 is 0 Å². The summed E-state index contributed by atoms with van der Waals surface area (Å²) in [6.45, 7) is 5.79. The number of anilines is 1. The van der Waals surface area contributed by atoms with Crippen LogP contribution in [0.25, 0.3) is 11.0 Å². The quantitative estimate of drug-likeness (QED) is 0.397. The van der Waals surface area contributed by atoms with Gasteiger partial charge in [-0.15, -0.1) is 0 Å². The van der Waals surface area contributed by atoms with Gasteiger partial charge in [-0.25, -0.2) is 4.98 Å². The second-order valence-corrected chi connectivity index (χ2v) is 8.83. The van der Waals surface area contributed by atoms with E-state index in [2.05, 4.69) is 4.98 Å². The Morgan fingerprint density at radius 3 is 2.17 bits per heavy atom. The molecular formula is C28H26N2O6. The predicted molar refractivity (Wildman–Crippen MR) is 136 cm³/mol. The van der Waals surface area contributed by atoms with Crippen molar-refractivity contribution in [2.45, 2.75) is 26.8 Å². The van der Waals surface area contributed by atoms with E-state index in [1.807, 2.05) is 26.8 Å². The van der Waals surface area contributed by atoms with Crippen LogP contribution in [0.5, 0.6) is 17.2 Å². The Kier molecular flexibility index (Phi) is 5.67. The number of benzene rings is 2. The molecule has 1 atom stereocenters. The average molecular weight is 487 g/mol. The first-order chi connectivity index (χ1) is 17.3. The molecule has 4 aromatic rings. The Morgan fingerprint density at radius 1 is 0.889 bits per heavy atom. The summed E-state index contributed by atoms with van der Waals surface area (Å²) in [6.07, 6.45) is 1.63. The molecule has 2 aromatic heterocycles. The average Bonchev–Trinajstić information content (AvgIpc) is 3.16. The lowest BCUT2D eigenvalue weighted by Gasteiger charge is -2.25. The van der Waals surface area contributed by atoms with E-state index in [4.69, 9.17) is 18.6 Å². The van der Waals surface area contributed by atoms with E-state index in [1.54, 1.807) is 36.5 Å². The van der Waals surface area contributed by atoms with Gasteiger partial charge in [0, 0.05) is 6.20 Å². The molecule has 0 spiro atoms. The number of nitrogens with zero attached hydrogens (tertiary/aromatic N) is 2. The highest BCUT2D eigenvalue weighted by Crippen LogP contribution is 2.46. The second kappa shape index (κ2) is 8.71. The highest BCUT2D eigenvalue weighted by atomic mass is 16.5. The van der Waals surface area contributed by atoms with E-state index >= 15 is 0 Å². The van der Waals surface area contributed by atoms with Crippen LogP contribution in [0, 0.1) is 20.8 Å². The minimum atomic E-state index is -0.822. The minimum Gasteiger partial charge on any atom is -0.493 e. The summed E-state index contributed by atoms with van der Waals surface area (Å²) < 4.78 is 22.7. The van der Waals surface area contributed by atoms with E-state index in [0.717, 1.165) is 16.7 Å². The first kappa shape index (κ1) is 23.4. The van der Waals surface area contributed by atoms with Crippen LogP contribution in [0.4, 0.5) is 5.82 Å². The molecule has 8 heteroatoms. The molecule has 5 rings (SSSR count). The van der Waals surface area contributed by atoms with E-state index in [9.17, 15) is 9.59 Å². The van der Waals surface area contributed by atoms with E-state index in [-0.39, 0.29) is 16.8 Å². The number of pyridine rings is 1. The molecule has 0 saturated heterocycles. The number of aromatic nitrogens is 1. The van der Waals surface area contributed by atoms with Gasteiger partial charge in [0.05, 0.1) is 38.3 Å². The SMILES string of the molecule is COc1cc([C@@H]2c3c(oc4cc(C)c(C)cc4c3=O)C(=O)N2c2cc(C)ccn2)cc(OC)c1OC. The summed E-state index contributed by atoms with van der Waals surface area (Å²) >= 11 is 0. The molecular weight excluding hydrogens is 460 g/mol. The molecule has 1 aliphatic rings. The highest BCUT2D eigenvalue weighted by molar-refractivity contribution is 6.10. The van der Waals surface area contributed by atoms with Gasteiger partial charge in [-0.05, 0) is 79.4 Å². The third-order valence-corrected chi connectivity index (χ3v) is 6.64.